The first-order chi connectivity index (χ1) is 11.1. The van der Waals surface area contributed by atoms with E-state index in [0.717, 1.165) is 10.0 Å². The molecular formula is C17H19BrN2O3. The molecule has 6 heteroatoms. The number of ether oxygens (including phenoxy) is 1. The van der Waals surface area contributed by atoms with Crippen molar-refractivity contribution in [3.63, 3.8) is 0 Å². The average Bonchev–Trinajstić information content (AvgIpc) is 2.99. The van der Waals surface area contributed by atoms with Gasteiger partial charge in [0.05, 0.1) is 12.5 Å². The Kier molecular flexibility index (Phi) is 6.40. The Hall–Kier alpha value is -2.08. The molecule has 2 aromatic rings. The predicted molar refractivity (Wildman–Crippen MR) is 91.1 cm³/mol. The SMILES string of the molecule is CCOC(=O)C(CNC(=O)c1cc(Br)c[nH]1)Cc1ccccc1. The number of aromatic nitrogens is 1. The van der Waals surface area contributed by atoms with Crippen molar-refractivity contribution in [1.29, 1.82) is 0 Å². The smallest absolute Gasteiger partial charge is 0.311 e. The number of rotatable bonds is 7. The maximum Gasteiger partial charge on any atom is 0.311 e. The minimum atomic E-state index is -0.417. The molecule has 0 spiro atoms. The van der Waals surface area contributed by atoms with Gasteiger partial charge in [0.1, 0.15) is 5.69 Å². The van der Waals surface area contributed by atoms with Gasteiger partial charge in [-0.2, -0.15) is 0 Å². The van der Waals surface area contributed by atoms with Gasteiger partial charge in [-0.3, -0.25) is 9.59 Å². The van der Waals surface area contributed by atoms with Crippen LogP contribution in [0.15, 0.2) is 47.1 Å². The van der Waals surface area contributed by atoms with Crippen molar-refractivity contribution in [2.75, 3.05) is 13.2 Å². The van der Waals surface area contributed by atoms with Gasteiger partial charge >= 0.3 is 5.97 Å². The van der Waals surface area contributed by atoms with E-state index < -0.39 is 5.92 Å². The number of esters is 1. The van der Waals surface area contributed by atoms with Gasteiger partial charge < -0.3 is 15.0 Å². The highest BCUT2D eigenvalue weighted by Crippen LogP contribution is 2.12. The molecule has 5 nitrogen and oxygen atoms in total. The first-order valence-electron chi connectivity index (χ1n) is 7.42. The van der Waals surface area contributed by atoms with E-state index in [4.69, 9.17) is 4.74 Å². The normalized spacial score (nSPS) is 11.7. The standard InChI is InChI=1S/C17H19BrN2O3/c1-2-23-17(22)13(8-12-6-4-3-5-7-12)10-20-16(21)15-9-14(18)11-19-15/h3-7,9,11,13,19H,2,8,10H2,1H3,(H,20,21). The number of amides is 1. The molecule has 0 bridgehead atoms. The number of carbonyl (C=O) groups is 2. The number of benzene rings is 1. The topological polar surface area (TPSA) is 71.2 Å². The van der Waals surface area contributed by atoms with E-state index in [2.05, 4.69) is 26.2 Å². The Bertz CT molecular complexity index is 655. The summed E-state index contributed by atoms with van der Waals surface area (Å²) >= 11 is 3.28. The number of aromatic amines is 1. The van der Waals surface area contributed by atoms with Crippen LogP contribution in [0.3, 0.4) is 0 Å². The molecule has 0 fully saturated rings. The molecule has 1 atom stereocenters. The summed E-state index contributed by atoms with van der Waals surface area (Å²) in [7, 11) is 0. The second-order valence-electron chi connectivity index (χ2n) is 5.08. The Morgan fingerprint density at radius 1 is 1.30 bits per heavy atom. The highest BCUT2D eigenvalue weighted by Gasteiger charge is 2.21. The molecule has 1 heterocycles. The zero-order valence-electron chi connectivity index (χ0n) is 12.8. The van der Waals surface area contributed by atoms with Crippen molar-refractivity contribution in [2.45, 2.75) is 13.3 Å². The third-order valence-electron chi connectivity index (χ3n) is 3.35. The van der Waals surface area contributed by atoms with Crippen molar-refractivity contribution in [3.05, 3.63) is 58.3 Å². The fraction of sp³-hybridized carbons (Fsp3) is 0.294. The summed E-state index contributed by atoms with van der Waals surface area (Å²) < 4.78 is 5.91. The van der Waals surface area contributed by atoms with Crippen LogP contribution in [0.2, 0.25) is 0 Å². The summed E-state index contributed by atoms with van der Waals surface area (Å²) in [5.74, 6) is -0.970. The van der Waals surface area contributed by atoms with E-state index in [1.165, 1.54) is 0 Å². The molecule has 0 aliphatic heterocycles. The van der Waals surface area contributed by atoms with Crippen LogP contribution >= 0.6 is 15.9 Å². The second kappa shape index (κ2) is 8.53. The second-order valence-corrected chi connectivity index (χ2v) is 6.00. The summed E-state index contributed by atoms with van der Waals surface area (Å²) in [6.45, 7) is 2.32. The number of carbonyl (C=O) groups excluding carboxylic acids is 2. The number of nitrogens with one attached hydrogen (secondary N) is 2. The van der Waals surface area contributed by atoms with Crippen LogP contribution in [-0.2, 0) is 16.0 Å². The molecule has 0 saturated carbocycles. The molecule has 23 heavy (non-hydrogen) atoms. The average molecular weight is 379 g/mol. The lowest BCUT2D eigenvalue weighted by atomic mass is 9.99. The molecule has 0 aliphatic rings. The maximum atomic E-state index is 12.1. The van der Waals surface area contributed by atoms with Crippen molar-refractivity contribution in [2.24, 2.45) is 5.92 Å². The van der Waals surface area contributed by atoms with E-state index in [-0.39, 0.29) is 18.4 Å². The number of H-pyrrole nitrogens is 1. The molecule has 122 valence electrons. The number of hydrogen-bond donors (Lipinski definition) is 2. The van der Waals surface area contributed by atoms with Gasteiger partial charge in [0, 0.05) is 17.2 Å². The van der Waals surface area contributed by atoms with Gasteiger partial charge in [-0.25, -0.2) is 0 Å². The summed E-state index contributed by atoms with van der Waals surface area (Å²) in [6, 6.07) is 11.4. The summed E-state index contributed by atoms with van der Waals surface area (Å²) in [5.41, 5.74) is 1.47. The first kappa shape index (κ1) is 17.3. The van der Waals surface area contributed by atoms with Gasteiger partial charge in [-0.1, -0.05) is 30.3 Å². The molecular weight excluding hydrogens is 360 g/mol. The Labute approximate surface area is 143 Å². The molecule has 0 aliphatic carbocycles. The first-order valence-corrected chi connectivity index (χ1v) is 8.22. The molecule has 1 amide bonds. The van der Waals surface area contributed by atoms with Crippen LogP contribution in [0.25, 0.3) is 0 Å². The predicted octanol–water partition coefficient (Wildman–Crippen LogP) is 2.93. The number of halogens is 1. The van der Waals surface area contributed by atoms with E-state index in [9.17, 15) is 9.59 Å². The largest absolute Gasteiger partial charge is 0.466 e. The van der Waals surface area contributed by atoms with E-state index >= 15 is 0 Å². The van der Waals surface area contributed by atoms with Crippen LogP contribution in [0.1, 0.15) is 23.0 Å². The van der Waals surface area contributed by atoms with Crippen LogP contribution in [0, 0.1) is 5.92 Å². The fourth-order valence-electron chi connectivity index (χ4n) is 2.21. The quantitative estimate of drug-likeness (QED) is 0.727. The minimum Gasteiger partial charge on any atom is -0.466 e. The van der Waals surface area contributed by atoms with Crippen molar-refractivity contribution < 1.29 is 14.3 Å². The molecule has 2 rings (SSSR count). The van der Waals surface area contributed by atoms with Crippen molar-refractivity contribution in [3.8, 4) is 0 Å². The third-order valence-corrected chi connectivity index (χ3v) is 3.80. The highest BCUT2D eigenvalue weighted by molar-refractivity contribution is 9.10. The molecule has 0 radical (unpaired) electrons. The lowest BCUT2D eigenvalue weighted by Crippen LogP contribution is -2.35. The fourth-order valence-corrected chi connectivity index (χ4v) is 2.55. The Morgan fingerprint density at radius 2 is 2.04 bits per heavy atom. The number of hydrogen-bond acceptors (Lipinski definition) is 3. The van der Waals surface area contributed by atoms with Gasteiger partial charge in [0.15, 0.2) is 0 Å². The van der Waals surface area contributed by atoms with Crippen LogP contribution < -0.4 is 5.32 Å². The summed E-state index contributed by atoms with van der Waals surface area (Å²) in [4.78, 5) is 27.0. The molecule has 1 aromatic carbocycles. The summed E-state index contributed by atoms with van der Waals surface area (Å²) in [5, 5.41) is 2.78. The van der Waals surface area contributed by atoms with Crippen LogP contribution in [0.5, 0.6) is 0 Å². The van der Waals surface area contributed by atoms with Crippen LogP contribution in [0.4, 0.5) is 0 Å². The molecule has 1 aromatic heterocycles. The summed E-state index contributed by atoms with van der Waals surface area (Å²) in [6.07, 6.45) is 2.20. The van der Waals surface area contributed by atoms with E-state index in [1.807, 2.05) is 30.3 Å². The van der Waals surface area contributed by atoms with Crippen molar-refractivity contribution in [1.82, 2.24) is 10.3 Å². The minimum absolute atomic E-state index is 0.225. The monoisotopic (exact) mass is 378 g/mol. The highest BCUT2D eigenvalue weighted by atomic mass is 79.9. The van der Waals surface area contributed by atoms with E-state index in [1.54, 1.807) is 19.2 Å². The zero-order valence-corrected chi connectivity index (χ0v) is 14.4. The van der Waals surface area contributed by atoms with Gasteiger partial charge in [0.2, 0.25) is 0 Å². The van der Waals surface area contributed by atoms with Crippen molar-refractivity contribution >= 4 is 27.8 Å². The Morgan fingerprint density at radius 3 is 2.65 bits per heavy atom. The lowest BCUT2D eigenvalue weighted by Gasteiger charge is -2.16. The van der Waals surface area contributed by atoms with E-state index in [0.29, 0.717) is 18.7 Å². The third kappa shape index (κ3) is 5.25. The molecule has 0 saturated heterocycles. The Balaban J connectivity index is 1.99. The lowest BCUT2D eigenvalue weighted by molar-refractivity contribution is -0.147. The van der Waals surface area contributed by atoms with Crippen LogP contribution in [-0.4, -0.2) is 30.0 Å². The van der Waals surface area contributed by atoms with Gasteiger partial charge in [0.25, 0.3) is 5.91 Å². The zero-order chi connectivity index (χ0) is 16.7. The van der Waals surface area contributed by atoms with Gasteiger partial charge in [-0.05, 0) is 40.9 Å². The van der Waals surface area contributed by atoms with Gasteiger partial charge in [-0.15, -0.1) is 0 Å². The molecule has 1 unspecified atom stereocenters. The molecule has 2 N–H and O–H groups in total. The maximum absolute atomic E-state index is 12.1.